The highest BCUT2D eigenvalue weighted by Crippen LogP contribution is 2.34. The van der Waals surface area contributed by atoms with Gasteiger partial charge >= 0.3 is 0 Å². The Morgan fingerprint density at radius 1 is 0.903 bits per heavy atom. The van der Waals surface area contributed by atoms with E-state index in [-0.39, 0.29) is 0 Å². The third kappa shape index (κ3) is 4.83. The summed E-state index contributed by atoms with van der Waals surface area (Å²) in [4.78, 5) is 9.16. The number of fused-ring (bicyclic) bond motifs is 1. The summed E-state index contributed by atoms with van der Waals surface area (Å²) in [5.74, 6) is 0. The second-order valence-electron chi connectivity index (χ2n) is 7.23. The number of nitrogens with one attached hydrogen (secondary N) is 1. The Balaban J connectivity index is 0.00000132. The number of benzene rings is 2. The van der Waals surface area contributed by atoms with Crippen LogP contribution in [-0.2, 0) is 6.42 Å². The highest BCUT2D eigenvalue weighted by Gasteiger charge is 2.13. The summed E-state index contributed by atoms with van der Waals surface area (Å²) < 4.78 is 0. The van der Waals surface area contributed by atoms with E-state index in [9.17, 15) is 0 Å². The predicted molar refractivity (Wildman–Crippen MR) is 134 cm³/mol. The molecule has 0 saturated heterocycles. The Kier molecular flexibility index (Phi) is 7.55. The number of hydrogen-bond donors (Lipinski definition) is 1. The molecule has 0 fully saturated rings. The van der Waals surface area contributed by atoms with Crippen molar-refractivity contribution in [1.82, 2.24) is 9.97 Å². The molecule has 4 rings (SSSR count). The average molecular weight is 410 g/mol. The fourth-order valence-corrected chi connectivity index (χ4v) is 3.74. The largest absolute Gasteiger partial charge is 0.361 e. The molecule has 0 aliphatic heterocycles. The highest BCUT2D eigenvalue weighted by atomic mass is 14.9. The zero-order chi connectivity index (χ0) is 22.2. The first-order chi connectivity index (χ1) is 15.2. The molecule has 4 aromatic rings. The van der Waals surface area contributed by atoms with E-state index < -0.39 is 0 Å². The Morgan fingerprint density at radius 2 is 1.52 bits per heavy atom. The molecule has 158 valence electrons. The van der Waals surface area contributed by atoms with Gasteiger partial charge in [0.2, 0.25) is 0 Å². The van der Waals surface area contributed by atoms with Gasteiger partial charge in [-0.15, -0.1) is 0 Å². The van der Waals surface area contributed by atoms with Gasteiger partial charge in [0.05, 0.1) is 16.9 Å². The molecule has 0 bridgehead atoms. The van der Waals surface area contributed by atoms with Crippen LogP contribution in [0.5, 0.6) is 0 Å². The first-order valence-electron chi connectivity index (χ1n) is 11.0. The number of nitrogens with zero attached hydrogens (tertiary/aromatic N) is 2. The molecule has 0 aliphatic carbocycles. The summed E-state index contributed by atoms with van der Waals surface area (Å²) in [7, 11) is 0. The molecule has 0 amide bonds. The molecule has 3 nitrogen and oxygen atoms in total. The van der Waals surface area contributed by atoms with Gasteiger partial charge in [0.15, 0.2) is 0 Å². The van der Waals surface area contributed by atoms with Gasteiger partial charge in [-0.25, -0.2) is 4.98 Å². The van der Waals surface area contributed by atoms with Gasteiger partial charge < -0.3 is 5.32 Å². The zero-order valence-electron chi connectivity index (χ0n) is 18.9. The minimum atomic E-state index is 0.917. The van der Waals surface area contributed by atoms with Crippen molar-refractivity contribution in [3.05, 3.63) is 90.9 Å². The second-order valence-corrected chi connectivity index (χ2v) is 7.23. The summed E-state index contributed by atoms with van der Waals surface area (Å²) in [6.45, 7) is 12.1. The van der Waals surface area contributed by atoms with Crippen LogP contribution < -0.4 is 5.32 Å². The van der Waals surface area contributed by atoms with Crippen molar-refractivity contribution in [3.8, 4) is 22.4 Å². The van der Waals surface area contributed by atoms with Crippen LogP contribution in [-0.4, -0.2) is 9.97 Å². The number of anilines is 1. The first-order valence-corrected chi connectivity index (χ1v) is 11.0. The standard InChI is InChI=1S/C26H25N3.C2H6/c1-4-6-19-7-9-20(10-8-19)21-11-13-22(14-12-21)25-18(3)26(28-5-2)23-17-27-16-15-24(23)29-25;1-2/h5,7-17H,2,4,6H2,1,3H3,(H,28,29);1-2H3. The van der Waals surface area contributed by atoms with Crippen LogP contribution in [0.2, 0.25) is 0 Å². The fourth-order valence-electron chi connectivity index (χ4n) is 3.74. The molecule has 31 heavy (non-hydrogen) atoms. The molecule has 1 N–H and O–H groups in total. The van der Waals surface area contributed by atoms with Crippen molar-refractivity contribution in [2.24, 2.45) is 0 Å². The van der Waals surface area contributed by atoms with Crippen LogP contribution in [0, 0.1) is 6.92 Å². The SMILES string of the molecule is C=CNc1c(C)c(-c2ccc(-c3ccc(CCC)cc3)cc2)nc2ccncc12.CC. The average Bonchev–Trinajstić information content (AvgIpc) is 2.83. The fraction of sp³-hybridized carbons (Fsp3) is 0.214. The predicted octanol–water partition coefficient (Wildman–Crippen LogP) is 7.81. The van der Waals surface area contributed by atoms with Crippen LogP contribution in [0.4, 0.5) is 5.69 Å². The molecule has 0 radical (unpaired) electrons. The maximum absolute atomic E-state index is 4.91. The van der Waals surface area contributed by atoms with Gasteiger partial charge in [-0.2, -0.15) is 0 Å². The molecule has 0 aliphatic rings. The quantitative estimate of drug-likeness (QED) is 0.353. The van der Waals surface area contributed by atoms with E-state index >= 15 is 0 Å². The third-order valence-corrected chi connectivity index (χ3v) is 5.26. The van der Waals surface area contributed by atoms with E-state index in [4.69, 9.17) is 4.98 Å². The van der Waals surface area contributed by atoms with E-state index in [2.05, 4.69) is 79.3 Å². The number of aryl methyl sites for hydroxylation is 1. The van der Waals surface area contributed by atoms with Crippen molar-refractivity contribution in [2.75, 3.05) is 5.32 Å². The Morgan fingerprint density at radius 3 is 2.13 bits per heavy atom. The van der Waals surface area contributed by atoms with Crippen LogP contribution >= 0.6 is 0 Å². The van der Waals surface area contributed by atoms with Gasteiger partial charge in [0, 0.05) is 23.3 Å². The number of rotatable bonds is 6. The van der Waals surface area contributed by atoms with Gasteiger partial charge in [0.1, 0.15) is 0 Å². The van der Waals surface area contributed by atoms with E-state index in [1.165, 1.54) is 23.1 Å². The molecular weight excluding hydrogens is 378 g/mol. The molecule has 0 spiro atoms. The van der Waals surface area contributed by atoms with Crippen LogP contribution in [0.3, 0.4) is 0 Å². The van der Waals surface area contributed by atoms with Crippen molar-refractivity contribution < 1.29 is 0 Å². The topological polar surface area (TPSA) is 37.8 Å². The number of pyridine rings is 2. The van der Waals surface area contributed by atoms with Crippen molar-refractivity contribution in [1.29, 1.82) is 0 Å². The molecule has 2 heterocycles. The molecule has 3 heteroatoms. The number of hydrogen-bond acceptors (Lipinski definition) is 3. The zero-order valence-corrected chi connectivity index (χ0v) is 18.9. The van der Waals surface area contributed by atoms with Gasteiger partial charge in [-0.05, 0) is 47.9 Å². The number of aromatic nitrogens is 2. The Hall–Kier alpha value is -3.46. The summed E-state index contributed by atoms with van der Waals surface area (Å²) in [5.41, 5.74) is 8.91. The minimum Gasteiger partial charge on any atom is -0.361 e. The van der Waals surface area contributed by atoms with E-state index in [0.29, 0.717) is 0 Å². The van der Waals surface area contributed by atoms with Crippen molar-refractivity contribution in [3.63, 3.8) is 0 Å². The lowest BCUT2D eigenvalue weighted by atomic mass is 9.98. The second kappa shape index (κ2) is 10.5. The normalized spacial score (nSPS) is 10.3. The molecule has 2 aromatic heterocycles. The monoisotopic (exact) mass is 409 g/mol. The van der Waals surface area contributed by atoms with Crippen molar-refractivity contribution in [2.45, 2.75) is 40.5 Å². The maximum Gasteiger partial charge on any atom is 0.0761 e. The minimum absolute atomic E-state index is 0.917. The molecule has 2 aromatic carbocycles. The van der Waals surface area contributed by atoms with E-state index in [1.54, 1.807) is 12.4 Å². The summed E-state index contributed by atoms with van der Waals surface area (Å²) >= 11 is 0. The summed E-state index contributed by atoms with van der Waals surface area (Å²) in [5, 5.41) is 4.26. The first kappa shape index (κ1) is 22.2. The lowest BCUT2D eigenvalue weighted by Crippen LogP contribution is -1.98. The lowest BCUT2D eigenvalue weighted by Gasteiger charge is -2.14. The van der Waals surface area contributed by atoms with Gasteiger partial charge in [-0.1, -0.05) is 82.3 Å². The van der Waals surface area contributed by atoms with E-state index in [0.717, 1.165) is 39.8 Å². The maximum atomic E-state index is 4.91. The molecular formula is C28H31N3. The smallest absolute Gasteiger partial charge is 0.0761 e. The third-order valence-electron chi connectivity index (χ3n) is 5.26. The van der Waals surface area contributed by atoms with Gasteiger partial charge in [-0.3, -0.25) is 4.98 Å². The lowest BCUT2D eigenvalue weighted by molar-refractivity contribution is 0.922. The summed E-state index contributed by atoms with van der Waals surface area (Å²) in [6.07, 6.45) is 7.62. The van der Waals surface area contributed by atoms with Crippen LogP contribution in [0.25, 0.3) is 33.3 Å². The molecule has 0 unspecified atom stereocenters. The Labute approximate surface area is 185 Å². The van der Waals surface area contributed by atoms with Crippen LogP contribution in [0.15, 0.2) is 79.8 Å². The molecule has 0 atom stereocenters. The Bertz CT molecular complexity index is 1140. The summed E-state index contributed by atoms with van der Waals surface area (Å²) in [6, 6.07) is 19.4. The van der Waals surface area contributed by atoms with Crippen LogP contribution in [0.1, 0.15) is 38.3 Å². The molecule has 0 saturated carbocycles. The van der Waals surface area contributed by atoms with Gasteiger partial charge in [0.25, 0.3) is 0 Å². The highest BCUT2D eigenvalue weighted by molar-refractivity contribution is 5.96. The van der Waals surface area contributed by atoms with Crippen molar-refractivity contribution >= 4 is 16.6 Å². The van der Waals surface area contributed by atoms with E-state index in [1.807, 2.05) is 26.1 Å².